The van der Waals surface area contributed by atoms with E-state index in [0.29, 0.717) is 28.9 Å². The second-order valence-corrected chi connectivity index (χ2v) is 6.66. The second kappa shape index (κ2) is 5.44. The van der Waals surface area contributed by atoms with Crippen molar-refractivity contribution in [1.29, 1.82) is 0 Å². The Kier molecular flexibility index (Phi) is 4.04. The molecule has 1 atom stereocenters. The molecule has 5 nitrogen and oxygen atoms in total. The number of anilines is 1. The molecule has 3 N–H and O–H groups in total. The molecule has 2 aromatic heterocycles. The van der Waals surface area contributed by atoms with Crippen molar-refractivity contribution in [2.45, 2.75) is 27.7 Å². The molecular formula is C14H22N4OS. The maximum atomic E-state index is 12.3. The highest BCUT2D eigenvalue weighted by atomic mass is 32.1. The molecule has 0 bridgehead atoms. The van der Waals surface area contributed by atoms with Crippen LogP contribution in [-0.2, 0) is 7.05 Å². The number of aromatic nitrogens is 2. The number of nitrogen functional groups attached to an aromatic ring is 1. The van der Waals surface area contributed by atoms with Crippen LogP contribution in [0.1, 0.15) is 36.1 Å². The first-order valence-corrected chi connectivity index (χ1v) is 7.64. The van der Waals surface area contributed by atoms with E-state index in [1.807, 2.05) is 14.0 Å². The van der Waals surface area contributed by atoms with Crippen LogP contribution in [0.25, 0.3) is 10.2 Å². The summed E-state index contributed by atoms with van der Waals surface area (Å²) >= 11 is 1.40. The molecule has 2 rings (SSSR count). The Morgan fingerprint density at radius 3 is 2.65 bits per heavy atom. The van der Waals surface area contributed by atoms with Crippen LogP contribution in [0.15, 0.2) is 0 Å². The minimum atomic E-state index is -0.0874. The normalized spacial score (nSPS) is 13.1. The molecule has 0 saturated carbocycles. The SMILES string of the molecule is Cc1nn(C)c2sc(C(=O)NCC(C)C(C)C)c(N)c12. The third-order valence-corrected chi connectivity index (χ3v) is 5.08. The Bertz CT molecular complexity index is 641. The molecule has 6 heteroatoms. The van der Waals surface area contributed by atoms with E-state index in [4.69, 9.17) is 5.73 Å². The molecule has 0 aromatic carbocycles. The minimum Gasteiger partial charge on any atom is -0.397 e. The summed E-state index contributed by atoms with van der Waals surface area (Å²) in [5.41, 5.74) is 7.53. The van der Waals surface area contributed by atoms with Crippen LogP contribution in [0.2, 0.25) is 0 Å². The fourth-order valence-electron chi connectivity index (χ4n) is 2.07. The van der Waals surface area contributed by atoms with Crippen LogP contribution in [0.3, 0.4) is 0 Å². The van der Waals surface area contributed by atoms with Gasteiger partial charge in [-0.05, 0) is 18.8 Å². The van der Waals surface area contributed by atoms with Gasteiger partial charge in [0.1, 0.15) is 9.71 Å². The minimum absolute atomic E-state index is 0.0874. The molecule has 0 radical (unpaired) electrons. The molecule has 0 fully saturated rings. The first-order chi connectivity index (χ1) is 9.32. The number of aryl methyl sites for hydroxylation is 2. The molecule has 0 aliphatic heterocycles. The number of thiophene rings is 1. The maximum absolute atomic E-state index is 12.3. The van der Waals surface area contributed by atoms with Crippen LogP contribution < -0.4 is 11.1 Å². The number of carbonyl (C=O) groups excluding carboxylic acids is 1. The van der Waals surface area contributed by atoms with E-state index in [9.17, 15) is 4.79 Å². The lowest BCUT2D eigenvalue weighted by atomic mass is 9.98. The second-order valence-electron chi connectivity index (χ2n) is 5.67. The number of nitrogens with one attached hydrogen (secondary N) is 1. The number of fused-ring (bicyclic) bond motifs is 1. The van der Waals surface area contributed by atoms with Crippen LogP contribution >= 0.6 is 11.3 Å². The number of hydrogen-bond donors (Lipinski definition) is 2. The van der Waals surface area contributed by atoms with Crippen molar-refractivity contribution >= 4 is 33.1 Å². The third-order valence-electron chi connectivity index (χ3n) is 3.81. The predicted molar refractivity (Wildman–Crippen MR) is 84.1 cm³/mol. The van der Waals surface area contributed by atoms with Crippen molar-refractivity contribution < 1.29 is 4.79 Å². The monoisotopic (exact) mass is 294 g/mol. The van der Waals surface area contributed by atoms with Crippen LogP contribution in [0, 0.1) is 18.8 Å². The Labute approximate surface area is 123 Å². The van der Waals surface area contributed by atoms with Crippen molar-refractivity contribution in [1.82, 2.24) is 15.1 Å². The lowest BCUT2D eigenvalue weighted by molar-refractivity contribution is 0.0950. The Balaban J connectivity index is 2.23. The molecule has 0 saturated heterocycles. The van der Waals surface area contributed by atoms with Gasteiger partial charge in [-0.2, -0.15) is 5.10 Å². The van der Waals surface area contributed by atoms with Gasteiger partial charge in [-0.25, -0.2) is 0 Å². The van der Waals surface area contributed by atoms with Gasteiger partial charge >= 0.3 is 0 Å². The van der Waals surface area contributed by atoms with Gasteiger partial charge in [0.2, 0.25) is 0 Å². The number of nitrogens with two attached hydrogens (primary N) is 1. The molecule has 0 spiro atoms. The van der Waals surface area contributed by atoms with Gasteiger partial charge in [-0.15, -0.1) is 11.3 Å². The average molecular weight is 294 g/mol. The van der Waals surface area contributed by atoms with Gasteiger partial charge in [0.15, 0.2) is 0 Å². The summed E-state index contributed by atoms with van der Waals surface area (Å²) in [7, 11) is 1.87. The van der Waals surface area contributed by atoms with E-state index in [1.54, 1.807) is 4.68 Å². The number of rotatable bonds is 4. The molecule has 110 valence electrons. The largest absolute Gasteiger partial charge is 0.397 e. The summed E-state index contributed by atoms with van der Waals surface area (Å²) in [6.45, 7) is 9.02. The fraction of sp³-hybridized carbons (Fsp3) is 0.571. The Morgan fingerprint density at radius 1 is 1.45 bits per heavy atom. The average Bonchev–Trinajstić information content (AvgIpc) is 2.86. The van der Waals surface area contributed by atoms with Gasteiger partial charge in [-0.1, -0.05) is 20.8 Å². The topological polar surface area (TPSA) is 72.9 Å². The van der Waals surface area contributed by atoms with Crippen molar-refractivity contribution in [2.75, 3.05) is 12.3 Å². The molecule has 1 unspecified atom stereocenters. The maximum Gasteiger partial charge on any atom is 0.263 e. The van der Waals surface area contributed by atoms with Crippen LogP contribution in [-0.4, -0.2) is 22.2 Å². The van der Waals surface area contributed by atoms with Gasteiger partial charge in [0.25, 0.3) is 5.91 Å². The van der Waals surface area contributed by atoms with E-state index in [0.717, 1.165) is 15.9 Å². The number of nitrogens with zero attached hydrogens (tertiary/aromatic N) is 2. The van der Waals surface area contributed by atoms with Gasteiger partial charge in [0, 0.05) is 13.6 Å². The summed E-state index contributed by atoms with van der Waals surface area (Å²) in [6, 6.07) is 0. The summed E-state index contributed by atoms with van der Waals surface area (Å²) in [5.74, 6) is 0.898. The number of amides is 1. The molecule has 0 aliphatic rings. The molecular weight excluding hydrogens is 272 g/mol. The lowest BCUT2D eigenvalue weighted by Gasteiger charge is -2.15. The summed E-state index contributed by atoms with van der Waals surface area (Å²) in [6.07, 6.45) is 0. The van der Waals surface area contributed by atoms with Crippen LogP contribution in [0.5, 0.6) is 0 Å². The van der Waals surface area contributed by atoms with Crippen molar-refractivity contribution in [3.63, 3.8) is 0 Å². The quantitative estimate of drug-likeness (QED) is 0.910. The molecule has 2 heterocycles. The molecule has 2 aromatic rings. The third kappa shape index (κ3) is 2.52. The zero-order valence-electron chi connectivity index (χ0n) is 12.7. The van der Waals surface area contributed by atoms with E-state index in [2.05, 4.69) is 31.2 Å². The predicted octanol–water partition coefficient (Wildman–Crippen LogP) is 2.55. The fourth-order valence-corrected chi connectivity index (χ4v) is 3.17. The first-order valence-electron chi connectivity index (χ1n) is 6.82. The summed E-state index contributed by atoms with van der Waals surface area (Å²) < 4.78 is 1.78. The number of carbonyl (C=O) groups is 1. The highest BCUT2D eigenvalue weighted by molar-refractivity contribution is 7.21. The zero-order valence-corrected chi connectivity index (χ0v) is 13.5. The summed E-state index contributed by atoms with van der Waals surface area (Å²) in [4.78, 5) is 13.8. The van der Waals surface area contributed by atoms with E-state index in [-0.39, 0.29) is 5.91 Å². The molecule has 1 amide bonds. The smallest absolute Gasteiger partial charge is 0.263 e. The summed E-state index contributed by atoms with van der Waals surface area (Å²) in [5, 5.41) is 8.20. The van der Waals surface area contributed by atoms with Crippen molar-refractivity contribution in [2.24, 2.45) is 18.9 Å². The van der Waals surface area contributed by atoms with Gasteiger partial charge < -0.3 is 11.1 Å². The highest BCUT2D eigenvalue weighted by Crippen LogP contribution is 2.35. The lowest BCUT2D eigenvalue weighted by Crippen LogP contribution is -2.30. The standard InChI is InChI=1S/C14H22N4OS/c1-7(2)8(3)6-16-13(19)12-11(15)10-9(4)17-18(5)14(10)20-12/h7-8H,6,15H2,1-5H3,(H,16,19). The Hall–Kier alpha value is -1.56. The first kappa shape index (κ1) is 14.8. The number of hydrogen-bond acceptors (Lipinski definition) is 4. The van der Waals surface area contributed by atoms with Crippen LogP contribution in [0.4, 0.5) is 5.69 Å². The van der Waals surface area contributed by atoms with Gasteiger partial charge in [-0.3, -0.25) is 9.48 Å². The molecule has 0 aliphatic carbocycles. The van der Waals surface area contributed by atoms with E-state index in [1.165, 1.54) is 11.3 Å². The van der Waals surface area contributed by atoms with Gasteiger partial charge in [0.05, 0.1) is 16.8 Å². The van der Waals surface area contributed by atoms with Crippen molar-refractivity contribution in [3.05, 3.63) is 10.6 Å². The Morgan fingerprint density at radius 2 is 2.10 bits per heavy atom. The van der Waals surface area contributed by atoms with E-state index >= 15 is 0 Å². The van der Waals surface area contributed by atoms with E-state index < -0.39 is 0 Å². The van der Waals surface area contributed by atoms with Crippen molar-refractivity contribution in [3.8, 4) is 0 Å². The highest BCUT2D eigenvalue weighted by Gasteiger charge is 2.21. The molecule has 20 heavy (non-hydrogen) atoms. The zero-order chi connectivity index (χ0) is 15.0.